The van der Waals surface area contributed by atoms with Crippen LogP contribution < -0.4 is 5.32 Å². The summed E-state index contributed by atoms with van der Waals surface area (Å²) in [5.74, 6) is -0.836. The first-order chi connectivity index (χ1) is 10.0. The maximum atomic E-state index is 14.2. The molecule has 2 rings (SSSR count). The van der Waals surface area contributed by atoms with Crippen molar-refractivity contribution in [2.24, 2.45) is 0 Å². The highest BCUT2D eigenvalue weighted by Gasteiger charge is 2.19. The number of halogens is 4. The molecule has 5 heteroatoms. The van der Waals surface area contributed by atoms with Gasteiger partial charge in [0.25, 0.3) is 0 Å². The first kappa shape index (κ1) is 16.2. The van der Waals surface area contributed by atoms with Crippen molar-refractivity contribution in [3.05, 3.63) is 69.2 Å². The largest absolute Gasteiger partial charge is 0.310 e. The van der Waals surface area contributed by atoms with Crippen LogP contribution in [0, 0.1) is 11.6 Å². The molecular formula is C16H15Cl2F2N. The molecule has 0 aliphatic heterocycles. The first-order valence-electron chi connectivity index (χ1n) is 6.64. The second-order valence-corrected chi connectivity index (χ2v) is 5.54. The topological polar surface area (TPSA) is 12.0 Å². The van der Waals surface area contributed by atoms with Crippen molar-refractivity contribution < 1.29 is 8.78 Å². The van der Waals surface area contributed by atoms with Gasteiger partial charge in [-0.25, -0.2) is 8.78 Å². The van der Waals surface area contributed by atoms with Crippen LogP contribution in [-0.4, -0.2) is 6.54 Å². The molecule has 2 aromatic carbocycles. The standard InChI is InChI=1S/C16H15Cl2F2N/c1-2-21-15(12-4-3-5-13(18)16(12)20)9-10-8-11(17)6-7-14(10)19/h3-8,15,21H,2,9H2,1H3. The Labute approximate surface area is 132 Å². The number of likely N-dealkylation sites (N-methyl/N-ethyl adjacent to an activating group) is 1. The summed E-state index contributed by atoms with van der Waals surface area (Å²) >= 11 is 11.7. The monoisotopic (exact) mass is 329 g/mol. The first-order valence-corrected chi connectivity index (χ1v) is 7.39. The molecule has 1 N–H and O–H groups in total. The van der Waals surface area contributed by atoms with Crippen LogP contribution >= 0.6 is 23.2 Å². The van der Waals surface area contributed by atoms with Crippen molar-refractivity contribution in [3.63, 3.8) is 0 Å². The summed E-state index contributed by atoms with van der Waals surface area (Å²) in [7, 11) is 0. The molecule has 1 atom stereocenters. The lowest BCUT2D eigenvalue weighted by atomic mass is 9.98. The smallest absolute Gasteiger partial charge is 0.146 e. The molecule has 0 radical (unpaired) electrons. The van der Waals surface area contributed by atoms with Gasteiger partial charge in [-0.2, -0.15) is 0 Å². The fourth-order valence-electron chi connectivity index (χ4n) is 2.25. The Hall–Kier alpha value is -1.16. The van der Waals surface area contributed by atoms with Crippen LogP contribution in [0.3, 0.4) is 0 Å². The molecule has 2 aromatic rings. The highest BCUT2D eigenvalue weighted by Crippen LogP contribution is 2.27. The Morgan fingerprint density at radius 3 is 2.62 bits per heavy atom. The lowest BCUT2D eigenvalue weighted by Gasteiger charge is -2.20. The molecule has 0 aliphatic rings. The summed E-state index contributed by atoms with van der Waals surface area (Å²) in [4.78, 5) is 0. The van der Waals surface area contributed by atoms with Gasteiger partial charge in [-0.1, -0.05) is 42.3 Å². The number of hydrogen-bond donors (Lipinski definition) is 1. The summed E-state index contributed by atoms with van der Waals surface area (Å²) in [6, 6.07) is 8.81. The Morgan fingerprint density at radius 1 is 1.14 bits per heavy atom. The summed E-state index contributed by atoms with van der Waals surface area (Å²) < 4.78 is 28.0. The van der Waals surface area contributed by atoms with E-state index >= 15 is 0 Å². The minimum atomic E-state index is -0.479. The Kier molecular flexibility index (Phi) is 5.57. The zero-order valence-corrected chi connectivity index (χ0v) is 13.0. The second kappa shape index (κ2) is 7.21. The van der Waals surface area contributed by atoms with E-state index in [9.17, 15) is 8.78 Å². The van der Waals surface area contributed by atoms with Crippen LogP contribution in [-0.2, 0) is 6.42 Å². The molecule has 0 spiro atoms. The molecule has 0 saturated heterocycles. The molecule has 0 aliphatic carbocycles. The predicted molar refractivity (Wildman–Crippen MR) is 82.9 cm³/mol. The van der Waals surface area contributed by atoms with Crippen LogP contribution in [0.15, 0.2) is 36.4 Å². The molecule has 0 aromatic heterocycles. The third-order valence-corrected chi connectivity index (χ3v) is 3.77. The Morgan fingerprint density at radius 2 is 1.90 bits per heavy atom. The van der Waals surface area contributed by atoms with Crippen molar-refractivity contribution in [1.29, 1.82) is 0 Å². The van der Waals surface area contributed by atoms with Gasteiger partial charge in [0.2, 0.25) is 0 Å². The summed E-state index contributed by atoms with van der Waals surface area (Å²) in [5, 5.41) is 3.66. The van der Waals surface area contributed by atoms with Crippen LogP contribution in [0.1, 0.15) is 24.1 Å². The molecular weight excluding hydrogens is 315 g/mol. The van der Waals surface area contributed by atoms with Gasteiger partial charge in [-0.15, -0.1) is 0 Å². The van der Waals surface area contributed by atoms with Gasteiger partial charge in [0.05, 0.1) is 5.02 Å². The zero-order chi connectivity index (χ0) is 15.4. The van der Waals surface area contributed by atoms with E-state index in [-0.39, 0.29) is 23.3 Å². The van der Waals surface area contributed by atoms with Gasteiger partial charge < -0.3 is 5.32 Å². The van der Waals surface area contributed by atoms with Crippen molar-refractivity contribution >= 4 is 23.2 Å². The van der Waals surface area contributed by atoms with Gasteiger partial charge in [0, 0.05) is 16.6 Å². The van der Waals surface area contributed by atoms with E-state index in [1.165, 1.54) is 18.2 Å². The third kappa shape index (κ3) is 3.94. The van der Waals surface area contributed by atoms with Crippen LogP contribution in [0.25, 0.3) is 0 Å². The number of benzene rings is 2. The average Bonchev–Trinajstić information content (AvgIpc) is 2.45. The van der Waals surface area contributed by atoms with Gasteiger partial charge >= 0.3 is 0 Å². The Bertz CT molecular complexity index is 632. The fraction of sp³-hybridized carbons (Fsp3) is 0.250. The third-order valence-electron chi connectivity index (χ3n) is 3.24. The maximum Gasteiger partial charge on any atom is 0.146 e. The lowest BCUT2D eigenvalue weighted by Crippen LogP contribution is -2.24. The molecule has 112 valence electrons. The van der Waals surface area contributed by atoms with E-state index in [0.717, 1.165) is 0 Å². The Balaban J connectivity index is 2.35. The highest BCUT2D eigenvalue weighted by molar-refractivity contribution is 6.31. The van der Waals surface area contributed by atoms with Crippen molar-refractivity contribution in [2.45, 2.75) is 19.4 Å². The van der Waals surface area contributed by atoms with E-state index in [2.05, 4.69) is 5.32 Å². The molecule has 21 heavy (non-hydrogen) atoms. The predicted octanol–water partition coefficient (Wildman–Crippen LogP) is 5.16. The van der Waals surface area contributed by atoms with Crippen molar-refractivity contribution in [2.75, 3.05) is 6.54 Å². The summed E-state index contributed by atoms with van der Waals surface area (Å²) in [6.07, 6.45) is 0.289. The quantitative estimate of drug-likeness (QED) is 0.798. The van der Waals surface area contributed by atoms with Crippen molar-refractivity contribution in [1.82, 2.24) is 5.32 Å². The molecule has 1 unspecified atom stereocenters. The van der Waals surface area contributed by atoms with Gasteiger partial charge in [0.15, 0.2) is 0 Å². The van der Waals surface area contributed by atoms with Gasteiger partial charge in [-0.3, -0.25) is 0 Å². The minimum Gasteiger partial charge on any atom is -0.310 e. The molecule has 0 amide bonds. The van der Waals surface area contributed by atoms with E-state index in [0.29, 0.717) is 22.7 Å². The average molecular weight is 330 g/mol. The molecule has 0 fully saturated rings. The van der Waals surface area contributed by atoms with Crippen LogP contribution in [0.5, 0.6) is 0 Å². The minimum absolute atomic E-state index is 0.0574. The SMILES string of the molecule is CCNC(Cc1cc(Cl)ccc1F)c1cccc(Cl)c1F. The van der Waals surface area contributed by atoms with E-state index in [4.69, 9.17) is 23.2 Å². The van der Waals surface area contributed by atoms with E-state index in [1.807, 2.05) is 6.92 Å². The normalized spacial score (nSPS) is 12.4. The van der Waals surface area contributed by atoms with Gasteiger partial charge in [0.1, 0.15) is 11.6 Å². The van der Waals surface area contributed by atoms with E-state index < -0.39 is 5.82 Å². The van der Waals surface area contributed by atoms with Crippen LogP contribution in [0.4, 0.5) is 8.78 Å². The molecule has 0 saturated carbocycles. The molecule has 0 heterocycles. The maximum absolute atomic E-state index is 14.2. The highest BCUT2D eigenvalue weighted by atomic mass is 35.5. The van der Waals surface area contributed by atoms with E-state index in [1.54, 1.807) is 18.2 Å². The zero-order valence-electron chi connectivity index (χ0n) is 11.5. The van der Waals surface area contributed by atoms with Crippen LogP contribution in [0.2, 0.25) is 10.0 Å². The summed E-state index contributed by atoms with van der Waals surface area (Å²) in [6.45, 7) is 2.53. The van der Waals surface area contributed by atoms with Crippen molar-refractivity contribution in [3.8, 4) is 0 Å². The fourth-order valence-corrected chi connectivity index (χ4v) is 2.62. The second-order valence-electron chi connectivity index (χ2n) is 4.69. The molecule has 0 bridgehead atoms. The lowest BCUT2D eigenvalue weighted by molar-refractivity contribution is 0.498. The number of hydrogen-bond acceptors (Lipinski definition) is 1. The summed E-state index contributed by atoms with van der Waals surface area (Å²) in [5.41, 5.74) is 0.858. The van der Waals surface area contributed by atoms with Gasteiger partial charge in [-0.05, 0) is 42.8 Å². The molecule has 1 nitrogen and oxygen atoms in total. The number of nitrogens with one attached hydrogen (secondary N) is 1. The number of rotatable bonds is 5.